The molecular formula is C20H23F3N2O. The fourth-order valence-electron chi connectivity index (χ4n) is 3.62. The van der Waals surface area contributed by atoms with Crippen LogP contribution in [0.15, 0.2) is 36.4 Å². The monoisotopic (exact) mass is 364 g/mol. The molecule has 1 heterocycles. The second kappa shape index (κ2) is 7.66. The molecule has 3 nitrogen and oxygen atoms in total. The first-order valence-electron chi connectivity index (χ1n) is 9.05. The van der Waals surface area contributed by atoms with Gasteiger partial charge in [-0.1, -0.05) is 56.2 Å². The Morgan fingerprint density at radius 1 is 1.12 bits per heavy atom. The van der Waals surface area contributed by atoms with Gasteiger partial charge in [-0.15, -0.1) is 0 Å². The van der Waals surface area contributed by atoms with E-state index >= 15 is 0 Å². The van der Waals surface area contributed by atoms with Gasteiger partial charge in [-0.2, -0.15) is 13.2 Å². The van der Waals surface area contributed by atoms with Crippen LogP contribution in [0, 0.1) is 0 Å². The standard InChI is InChI=1S/C20H23F3N2O/c1-2-3-4-7-14-10-11-17(16-9-6-5-8-15(14)16)19(20(21,22)23)25-13-12-18(26)24-25/h5-6,8-11,19H,2-4,7,12-13H2,1H3,(H,24,26)/t19-/m0/s1. The highest BCUT2D eigenvalue weighted by Gasteiger charge is 2.47. The molecule has 1 atom stereocenters. The number of amides is 1. The van der Waals surface area contributed by atoms with Gasteiger partial charge in [-0.25, -0.2) is 5.01 Å². The third kappa shape index (κ3) is 3.85. The highest BCUT2D eigenvalue weighted by molar-refractivity contribution is 5.89. The third-order valence-corrected chi connectivity index (χ3v) is 4.86. The first-order chi connectivity index (χ1) is 12.4. The van der Waals surface area contributed by atoms with Gasteiger partial charge in [0.05, 0.1) is 0 Å². The minimum atomic E-state index is -4.48. The summed E-state index contributed by atoms with van der Waals surface area (Å²) in [5.74, 6) is -0.375. The van der Waals surface area contributed by atoms with Crippen LogP contribution in [-0.4, -0.2) is 23.6 Å². The van der Waals surface area contributed by atoms with Crippen LogP contribution in [0.25, 0.3) is 10.8 Å². The third-order valence-electron chi connectivity index (χ3n) is 4.86. The average Bonchev–Trinajstić information content (AvgIpc) is 3.01. The lowest BCUT2D eigenvalue weighted by Crippen LogP contribution is -2.43. The fourth-order valence-corrected chi connectivity index (χ4v) is 3.62. The lowest BCUT2D eigenvalue weighted by Gasteiger charge is -2.30. The van der Waals surface area contributed by atoms with Crippen LogP contribution in [0.2, 0.25) is 0 Å². The van der Waals surface area contributed by atoms with E-state index in [-0.39, 0.29) is 24.4 Å². The number of rotatable bonds is 6. The van der Waals surface area contributed by atoms with Crippen molar-refractivity contribution in [3.63, 3.8) is 0 Å². The maximum Gasteiger partial charge on any atom is 0.409 e. The highest BCUT2D eigenvalue weighted by Crippen LogP contribution is 2.41. The highest BCUT2D eigenvalue weighted by atomic mass is 19.4. The summed E-state index contributed by atoms with van der Waals surface area (Å²) in [5.41, 5.74) is 3.62. The first kappa shape index (κ1) is 18.7. The number of carbonyl (C=O) groups is 1. The average molecular weight is 364 g/mol. The van der Waals surface area contributed by atoms with Crippen LogP contribution in [0.5, 0.6) is 0 Å². The predicted molar refractivity (Wildman–Crippen MR) is 95.4 cm³/mol. The summed E-state index contributed by atoms with van der Waals surface area (Å²) in [7, 11) is 0. The number of aryl methyl sites for hydroxylation is 1. The lowest BCUT2D eigenvalue weighted by atomic mass is 9.92. The van der Waals surface area contributed by atoms with Crippen LogP contribution in [0.1, 0.15) is 49.8 Å². The molecule has 0 saturated carbocycles. The first-order valence-corrected chi connectivity index (χ1v) is 9.05. The normalized spacial score (nSPS) is 16.8. The van der Waals surface area contributed by atoms with Crippen molar-refractivity contribution in [3.05, 3.63) is 47.5 Å². The van der Waals surface area contributed by atoms with Gasteiger partial charge in [-0.3, -0.25) is 10.2 Å². The Labute approximate surface area is 151 Å². The van der Waals surface area contributed by atoms with E-state index in [1.807, 2.05) is 18.2 Å². The van der Waals surface area contributed by atoms with Crippen molar-refractivity contribution in [2.45, 2.75) is 51.2 Å². The molecule has 0 radical (unpaired) electrons. The summed E-state index contributed by atoms with van der Waals surface area (Å²) < 4.78 is 41.6. The van der Waals surface area contributed by atoms with Crippen molar-refractivity contribution < 1.29 is 18.0 Å². The van der Waals surface area contributed by atoms with Crippen molar-refractivity contribution in [3.8, 4) is 0 Å². The Hall–Kier alpha value is -2.08. The van der Waals surface area contributed by atoms with Crippen LogP contribution in [-0.2, 0) is 11.2 Å². The molecule has 1 N–H and O–H groups in total. The number of hydrazine groups is 1. The molecule has 140 valence electrons. The number of fused-ring (bicyclic) bond motifs is 1. The van der Waals surface area contributed by atoms with Gasteiger partial charge in [0, 0.05) is 13.0 Å². The Morgan fingerprint density at radius 2 is 1.85 bits per heavy atom. The molecule has 26 heavy (non-hydrogen) atoms. The molecule has 1 aliphatic heterocycles. The maximum atomic E-state index is 13.9. The van der Waals surface area contributed by atoms with Gasteiger partial charge >= 0.3 is 6.18 Å². The van der Waals surface area contributed by atoms with Gasteiger partial charge < -0.3 is 0 Å². The topological polar surface area (TPSA) is 32.3 Å². The number of benzene rings is 2. The van der Waals surface area contributed by atoms with Crippen LogP contribution < -0.4 is 5.43 Å². The maximum absolute atomic E-state index is 13.9. The molecule has 0 aromatic heterocycles. The van der Waals surface area contributed by atoms with Gasteiger partial charge in [-0.05, 0) is 34.7 Å². The van der Waals surface area contributed by atoms with Crippen molar-refractivity contribution in [1.82, 2.24) is 10.4 Å². The second-order valence-electron chi connectivity index (χ2n) is 6.74. The minimum Gasteiger partial charge on any atom is -0.288 e. The molecule has 2 aromatic rings. The van der Waals surface area contributed by atoms with E-state index in [2.05, 4.69) is 12.3 Å². The van der Waals surface area contributed by atoms with E-state index in [1.165, 1.54) is 0 Å². The molecular weight excluding hydrogens is 341 g/mol. The van der Waals surface area contributed by atoms with Crippen LogP contribution >= 0.6 is 0 Å². The summed E-state index contributed by atoms with van der Waals surface area (Å²) in [6.07, 6.45) is -0.331. The second-order valence-corrected chi connectivity index (χ2v) is 6.74. The Morgan fingerprint density at radius 3 is 2.46 bits per heavy atom. The van der Waals surface area contributed by atoms with E-state index in [0.717, 1.165) is 41.6 Å². The molecule has 0 aliphatic carbocycles. The molecule has 6 heteroatoms. The van der Waals surface area contributed by atoms with E-state index in [4.69, 9.17) is 0 Å². The summed E-state index contributed by atoms with van der Waals surface area (Å²) in [5, 5.41) is 2.48. The zero-order chi connectivity index (χ0) is 18.7. The van der Waals surface area contributed by atoms with Crippen LogP contribution in [0.3, 0.4) is 0 Å². The summed E-state index contributed by atoms with van der Waals surface area (Å²) in [6, 6.07) is 8.79. The number of nitrogens with one attached hydrogen (secondary N) is 1. The summed E-state index contributed by atoms with van der Waals surface area (Å²) in [4.78, 5) is 11.5. The van der Waals surface area contributed by atoms with Crippen molar-refractivity contribution >= 4 is 16.7 Å². The number of hydrogen-bond acceptors (Lipinski definition) is 2. The van der Waals surface area contributed by atoms with Crippen LogP contribution in [0.4, 0.5) is 13.2 Å². The molecule has 0 bridgehead atoms. The Kier molecular flexibility index (Phi) is 5.51. The quantitative estimate of drug-likeness (QED) is 0.739. The van der Waals surface area contributed by atoms with Gasteiger partial charge in [0.2, 0.25) is 5.91 Å². The number of unbranched alkanes of at least 4 members (excludes halogenated alkanes) is 2. The molecule has 0 unspecified atom stereocenters. The van der Waals surface area contributed by atoms with Crippen molar-refractivity contribution in [2.24, 2.45) is 0 Å². The largest absolute Gasteiger partial charge is 0.409 e. The fraction of sp³-hybridized carbons (Fsp3) is 0.450. The summed E-state index contributed by atoms with van der Waals surface area (Å²) >= 11 is 0. The van der Waals surface area contributed by atoms with Crippen molar-refractivity contribution in [1.29, 1.82) is 0 Å². The predicted octanol–water partition coefficient (Wildman–Crippen LogP) is 4.91. The lowest BCUT2D eigenvalue weighted by molar-refractivity contribution is -0.190. The number of carbonyl (C=O) groups excluding carboxylic acids is 1. The van der Waals surface area contributed by atoms with Crippen molar-refractivity contribution in [2.75, 3.05) is 6.54 Å². The molecule has 1 saturated heterocycles. The molecule has 1 fully saturated rings. The molecule has 0 spiro atoms. The van der Waals surface area contributed by atoms with E-state index in [0.29, 0.717) is 5.39 Å². The minimum absolute atomic E-state index is 0.0512. The molecule has 2 aromatic carbocycles. The summed E-state index contributed by atoms with van der Waals surface area (Å²) in [6.45, 7) is 2.18. The zero-order valence-corrected chi connectivity index (χ0v) is 14.8. The van der Waals surface area contributed by atoms with Gasteiger partial charge in [0.15, 0.2) is 6.04 Å². The molecule has 1 amide bonds. The zero-order valence-electron chi connectivity index (χ0n) is 14.8. The van der Waals surface area contributed by atoms with Gasteiger partial charge in [0.25, 0.3) is 0 Å². The molecule has 3 rings (SSSR count). The molecule has 1 aliphatic rings. The number of alkyl halides is 3. The number of hydrogen-bond donors (Lipinski definition) is 1. The Bertz CT molecular complexity index is 788. The van der Waals surface area contributed by atoms with Gasteiger partial charge in [0.1, 0.15) is 0 Å². The van der Waals surface area contributed by atoms with E-state index in [1.54, 1.807) is 18.2 Å². The Balaban J connectivity index is 2.05. The smallest absolute Gasteiger partial charge is 0.288 e. The van der Waals surface area contributed by atoms with E-state index < -0.39 is 12.2 Å². The SMILES string of the molecule is CCCCCc1ccc([C@H](N2CCC(=O)N2)C(F)(F)F)c2ccccc12. The van der Waals surface area contributed by atoms with E-state index in [9.17, 15) is 18.0 Å². The number of nitrogens with zero attached hydrogens (tertiary/aromatic N) is 1. The number of halogens is 3.